The van der Waals surface area contributed by atoms with E-state index in [0.717, 1.165) is 0 Å². The number of hydrogen-bond acceptors (Lipinski definition) is 6. The number of rotatable bonds is 6. The molecule has 136 valence electrons. The van der Waals surface area contributed by atoms with E-state index in [1.54, 1.807) is 0 Å². The van der Waals surface area contributed by atoms with Crippen LogP contribution in [-0.4, -0.2) is 42.8 Å². The zero-order chi connectivity index (χ0) is 18.8. The van der Waals surface area contributed by atoms with Crippen LogP contribution >= 0.6 is 11.8 Å². The van der Waals surface area contributed by atoms with E-state index in [2.05, 4.69) is 6.58 Å². The lowest BCUT2D eigenvalue weighted by Gasteiger charge is -2.25. The molecule has 1 aromatic rings. The highest BCUT2D eigenvalue weighted by molar-refractivity contribution is 8.03. The number of benzene rings is 1. The Balaban J connectivity index is 2.53. The molecule has 1 aliphatic rings. The maximum Gasteiger partial charge on any atom is 0.443 e. The number of halogens is 3. The Kier molecular flexibility index (Phi) is 5.36. The van der Waals surface area contributed by atoms with E-state index in [1.165, 1.54) is 32.4 Å². The number of Topliss-reactive ketones (excluding diaryl/α,β-unsaturated/α-hetero) is 1. The van der Waals surface area contributed by atoms with Crippen LogP contribution in [0.3, 0.4) is 0 Å². The summed E-state index contributed by atoms with van der Waals surface area (Å²) >= 11 is -0.678. The Bertz CT molecular complexity index is 716. The summed E-state index contributed by atoms with van der Waals surface area (Å²) in [6.45, 7) is 3.04. The Hall–Kier alpha value is -2.16. The topological polar surface area (TPSA) is 61.8 Å². The van der Waals surface area contributed by atoms with E-state index in [9.17, 15) is 22.8 Å². The van der Waals surface area contributed by atoms with Crippen LogP contribution in [0.4, 0.5) is 13.2 Å². The van der Waals surface area contributed by atoms with E-state index in [4.69, 9.17) is 14.2 Å². The molecule has 0 aliphatic heterocycles. The fraction of sp³-hybridized carbons (Fsp3) is 0.375. The number of methoxy groups -OCH3 is 2. The van der Waals surface area contributed by atoms with E-state index in [0.29, 0.717) is 0 Å². The van der Waals surface area contributed by atoms with Crippen molar-refractivity contribution in [3.8, 4) is 11.5 Å². The summed E-state index contributed by atoms with van der Waals surface area (Å²) in [5.41, 5.74) is -4.57. The van der Waals surface area contributed by atoms with Crippen molar-refractivity contribution in [3.63, 3.8) is 0 Å². The average molecular weight is 376 g/mol. The largest absolute Gasteiger partial charge is 0.493 e. The Morgan fingerprint density at radius 3 is 2.44 bits per heavy atom. The smallest absolute Gasteiger partial charge is 0.443 e. The Morgan fingerprint density at radius 1 is 1.32 bits per heavy atom. The highest BCUT2D eigenvalue weighted by Crippen LogP contribution is 2.50. The molecule has 2 rings (SSSR count). The molecule has 25 heavy (non-hydrogen) atoms. The second-order valence-corrected chi connectivity index (χ2v) is 6.50. The van der Waals surface area contributed by atoms with E-state index in [1.807, 2.05) is 0 Å². The summed E-state index contributed by atoms with van der Waals surface area (Å²) < 4.78 is 51.7. The van der Waals surface area contributed by atoms with Crippen LogP contribution in [0.2, 0.25) is 0 Å². The second-order valence-electron chi connectivity index (χ2n) is 5.13. The first-order chi connectivity index (χ1) is 11.7. The maximum absolute atomic E-state index is 13.1. The van der Waals surface area contributed by atoms with Crippen molar-refractivity contribution in [2.45, 2.75) is 16.7 Å². The summed E-state index contributed by atoms with van der Waals surface area (Å²) in [7, 11) is 2.69. The van der Waals surface area contributed by atoms with Crippen LogP contribution in [0.5, 0.6) is 11.5 Å². The minimum absolute atomic E-state index is 0.0232. The van der Waals surface area contributed by atoms with Crippen LogP contribution < -0.4 is 9.47 Å². The molecule has 9 heteroatoms. The zero-order valence-corrected chi connectivity index (χ0v) is 14.3. The molecule has 0 spiro atoms. The molecule has 0 saturated carbocycles. The van der Waals surface area contributed by atoms with Crippen molar-refractivity contribution < 1.29 is 37.0 Å². The lowest BCUT2D eigenvalue weighted by molar-refractivity contribution is -0.144. The maximum atomic E-state index is 13.1. The van der Waals surface area contributed by atoms with Crippen LogP contribution in [0.15, 0.2) is 24.8 Å². The average Bonchev–Trinajstić information content (AvgIpc) is 2.82. The van der Waals surface area contributed by atoms with E-state index >= 15 is 0 Å². The second kappa shape index (κ2) is 6.99. The molecule has 0 radical (unpaired) electrons. The molecule has 0 N–H and O–H groups in total. The van der Waals surface area contributed by atoms with Crippen LogP contribution in [0.25, 0.3) is 0 Å². The number of carbonyl (C=O) groups is 2. The summed E-state index contributed by atoms with van der Waals surface area (Å²) in [4.78, 5) is 25.0. The van der Waals surface area contributed by atoms with Gasteiger partial charge in [0.1, 0.15) is 6.61 Å². The van der Waals surface area contributed by atoms with E-state index in [-0.39, 0.29) is 29.2 Å². The van der Waals surface area contributed by atoms with Crippen molar-refractivity contribution in [3.05, 3.63) is 35.9 Å². The highest BCUT2D eigenvalue weighted by Gasteiger charge is 2.59. The third-order valence-electron chi connectivity index (χ3n) is 3.61. The Morgan fingerprint density at radius 2 is 1.92 bits per heavy atom. The lowest BCUT2D eigenvalue weighted by Crippen LogP contribution is -2.45. The SMILES string of the molecule is C=CCOC(=O)[C@@]1(SC(F)(F)F)Cc2cc(OC)c(OC)cc2C1=O. The Labute approximate surface area is 146 Å². The van der Waals surface area contributed by atoms with Gasteiger partial charge in [0.2, 0.25) is 0 Å². The molecule has 0 bridgehead atoms. The number of thioether (sulfide) groups is 1. The molecule has 0 aromatic heterocycles. The van der Waals surface area contributed by atoms with Gasteiger partial charge in [0, 0.05) is 12.0 Å². The number of esters is 1. The van der Waals surface area contributed by atoms with Gasteiger partial charge in [-0.2, -0.15) is 13.2 Å². The van der Waals surface area contributed by atoms with Gasteiger partial charge in [0.15, 0.2) is 22.0 Å². The van der Waals surface area contributed by atoms with Crippen molar-refractivity contribution in [1.82, 2.24) is 0 Å². The first-order valence-corrected chi connectivity index (χ1v) is 7.85. The summed E-state index contributed by atoms with van der Waals surface area (Å²) in [6.07, 6.45) is 0.754. The number of ether oxygens (including phenoxy) is 3. The van der Waals surface area contributed by atoms with Crippen LogP contribution in [0, 0.1) is 0 Å². The van der Waals surface area contributed by atoms with Crippen molar-refractivity contribution >= 4 is 23.5 Å². The first kappa shape index (κ1) is 19.2. The van der Waals surface area contributed by atoms with Crippen molar-refractivity contribution in [2.24, 2.45) is 0 Å². The highest BCUT2D eigenvalue weighted by atomic mass is 32.2. The minimum atomic E-state index is -4.81. The van der Waals surface area contributed by atoms with Gasteiger partial charge in [-0.1, -0.05) is 12.7 Å². The van der Waals surface area contributed by atoms with Crippen LogP contribution in [0.1, 0.15) is 15.9 Å². The third-order valence-corrected chi connectivity index (χ3v) is 4.69. The predicted octanol–water partition coefficient (Wildman–Crippen LogP) is 3.16. The molecule has 5 nitrogen and oxygen atoms in total. The van der Waals surface area contributed by atoms with Gasteiger partial charge in [0.05, 0.1) is 14.2 Å². The molecule has 0 saturated heterocycles. The van der Waals surface area contributed by atoms with Crippen LogP contribution in [-0.2, 0) is 16.0 Å². The molecule has 1 aromatic carbocycles. The lowest BCUT2D eigenvalue weighted by atomic mass is 10.0. The van der Waals surface area contributed by atoms with Crippen molar-refractivity contribution in [2.75, 3.05) is 20.8 Å². The van der Waals surface area contributed by atoms with E-state index < -0.39 is 40.2 Å². The summed E-state index contributed by atoms with van der Waals surface area (Å²) in [6, 6.07) is 2.67. The first-order valence-electron chi connectivity index (χ1n) is 7.03. The predicted molar refractivity (Wildman–Crippen MR) is 85.1 cm³/mol. The number of hydrogen-bond donors (Lipinski definition) is 0. The monoisotopic (exact) mass is 376 g/mol. The number of ketones is 1. The molecule has 0 amide bonds. The molecule has 1 atom stereocenters. The van der Waals surface area contributed by atoms with Gasteiger partial charge < -0.3 is 14.2 Å². The van der Waals surface area contributed by atoms with Gasteiger partial charge in [-0.3, -0.25) is 9.59 Å². The van der Waals surface area contributed by atoms with Gasteiger partial charge in [-0.25, -0.2) is 0 Å². The molecular weight excluding hydrogens is 361 g/mol. The minimum Gasteiger partial charge on any atom is -0.493 e. The fourth-order valence-electron chi connectivity index (χ4n) is 2.58. The molecule has 1 aliphatic carbocycles. The quantitative estimate of drug-likeness (QED) is 0.432. The number of carbonyl (C=O) groups excluding carboxylic acids is 2. The fourth-order valence-corrected chi connectivity index (χ4v) is 3.55. The van der Waals surface area contributed by atoms with Crippen molar-refractivity contribution in [1.29, 1.82) is 0 Å². The van der Waals surface area contributed by atoms with Gasteiger partial charge in [0.25, 0.3) is 0 Å². The van der Waals surface area contributed by atoms with Gasteiger partial charge >= 0.3 is 11.5 Å². The summed E-state index contributed by atoms with van der Waals surface area (Å²) in [5, 5.41) is 0. The molecular formula is C16H15F3O5S. The number of alkyl halides is 3. The standard InChI is InChI=1S/C16H15F3O5S/c1-4-5-24-14(21)15(25-16(17,18)19)8-9-6-11(22-2)12(23-3)7-10(9)13(15)20/h4,6-7H,1,5,8H2,2-3H3/t15-/m1/s1. The molecule has 0 fully saturated rings. The molecule has 0 heterocycles. The van der Waals surface area contributed by atoms with Gasteiger partial charge in [-0.15, -0.1) is 0 Å². The third kappa shape index (κ3) is 3.60. The molecule has 0 unspecified atom stereocenters. The number of fused-ring (bicyclic) bond motifs is 1. The summed E-state index contributed by atoms with van der Waals surface area (Å²) in [5.74, 6) is -1.79. The normalized spacial score (nSPS) is 19.3. The van der Waals surface area contributed by atoms with Gasteiger partial charge in [-0.05, 0) is 29.5 Å². The zero-order valence-electron chi connectivity index (χ0n) is 13.4.